The average molecular weight is 317 g/mol. The van der Waals surface area contributed by atoms with Gasteiger partial charge < -0.3 is 10.1 Å². The summed E-state index contributed by atoms with van der Waals surface area (Å²) in [4.78, 5) is 15.9. The molecule has 0 spiro atoms. The van der Waals surface area contributed by atoms with Gasteiger partial charge in [0, 0.05) is 29.8 Å². The molecule has 1 aliphatic heterocycles. The molecule has 0 unspecified atom stereocenters. The summed E-state index contributed by atoms with van der Waals surface area (Å²) in [5.41, 5.74) is 2.85. The molecule has 4 heteroatoms. The summed E-state index contributed by atoms with van der Waals surface area (Å²) in [6.45, 7) is 0.495. The first-order chi connectivity index (χ1) is 11.8. The highest BCUT2D eigenvalue weighted by molar-refractivity contribution is 5.89. The molecule has 0 atom stereocenters. The number of pyridine rings is 1. The number of hydrogen-bond donors (Lipinski definition) is 1. The van der Waals surface area contributed by atoms with Crippen LogP contribution in [0.1, 0.15) is 22.6 Å². The molecule has 0 aliphatic carbocycles. The molecule has 1 amide bonds. The van der Waals surface area contributed by atoms with Gasteiger partial charge >= 0.3 is 0 Å². The molecule has 0 saturated heterocycles. The molecule has 2 N–H and O–H groups in total. The molecule has 118 valence electrons. The Morgan fingerprint density at radius 3 is 2.12 bits per heavy atom. The van der Waals surface area contributed by atoms with Crippen LogP contribution in [0.2, 0.25) is 0 Å². The van der Waals surface area contributed by atoms with E-state index in [9.17, 15) is 4.79 Å². The molecule has 2 aromatic carbocycles. The predicted molar refractivity (Wildman–Crippen MR) is 89.6 cm³/mol. The van der Waals surface area contributed by atoms with Crippen molar-refractivity contribution >= 4 is 5.91 Å². The van der Waals surface area contributed by atoms with E-state index < -0.39 is 0 Å². The number of aromatic amines is 1. The quantitative estimate of drug-likeness (QED) is 0.807. The predicted octanol–water partition coefficient (Wildman–Crippen LogP) is 3.05. The number of aromatic nitrogens is 1. The maximum absolute atomic E-state index is 12.9. The minimum absolute atomic E-state index is 0.0222. The van der Waals surface area contributed by atoms with Gasteiger partial charge in [0.2, 0.25) is 5.91 Å². The Morgan fingerprint density at radius 2 is 1.50 bits per heavy atom. The van der Waals surface area contributed by atoms with Gasteiger partial charge in [0.15, 0.2) is 12.4 Å². The summed E-state index contributed by atoms with van der Waals surface area (Å²) in [6.07, 6.45) is 3.70. The number of ether oxygens (including phenoxy) is 1. The molecule has 4 nitrogen and oxygen atoms in total. The Bertz CT molecular complexity index is 832. The number of fused-ring (bicyclic) bond motifs is 2. The van der Waals surface area contributed by atoms with Crippen molar-refractivity contribution in [1.82, 2.24) is 5.32 Å². The third-order valence-electron chi connectivity index (χ3n) is 4.20. The smallest absolute Gasteiger partial charge is 0.232 e. The van der Waals surface area contributed by atoms with Crippen molar-refractivity contribution in [2.75, 3.05) is 0 Å². The minimum atomic E-state index is -0.360. The number of carbonyl (C=O) groups excluding carboxylic acids is 1. The molecule has 2 heterocycles. The fraction of sp³-hybridized carbons (Fsp3) is 0.100. The molecule has 0 fully saturated rings. The topological polar surface area (TPSA) is 52.5 Å². The van der Waals surface area contributed by atoms with Crippen LogP contribution in [0.25, 0.3) is 0 Å². The van der Waals surface area contributed by atoms with Crippen LogP contribution in [0, 0.1) is 0 Å². The van der Waals surface area contributed by atoms with Crippen molar-refractivity contribution in [3.05, 3.63) is 89.7 Å². The number of rotatable bonds is 3. The summed E-state index contributed by atoms with van der Waals surface area (Å²) in [7, 11) is 0. The zero-order valence-electron chi connectivity index (χ0n) is 13.0. The average Bonchev–Trinajstić information content (AvgIpc) is 2.65. The van der Waals surface area contributed by atoms with Crippen molar-refractivity contribution in [2.24, 2.45) is 0 Å². The van der Waals surface area contributed by atoms with E-state index in [0.717, 1.165) is 28.2 Å². The third kappa shape index (κ3) is 2.63. The first-order valence-corrected chi connectivity index (χ1v) is 7.91. The van der Waals surface area contributed by atoms with Crippen LogP contribution in [-0.4, -0.2) is 5.91 Å². The fourth-order valence-corrected chi connectivity index (χ4v) is 3.02. The Balaban J connectivity index is 1.65. The van der Waals surface area contributed by atoms with Crippen molar-refractivity contribution < 1.29 is 14.5 Å². The highest BCUT2D eigenvalue weighted by atomic mass is 16.5. The van der Waals surface area contributed by atoms with Crippen molar-refractivity contribution in [2.45, 2.75) is 12.5 Å². The van der Waals surface area contributed by atoms with Gasteiger partial charge in [0.05, 0.1) is 5.92 Å². The number of benzene rings is 2. The van der Waals surface area contributed by atoms with Crippen LogP contribution in [-0.2, 0) is 11.3 Å². The minimum Gasteiger partial charge on any atom is -0.457 e. The van der Waals surface area contributed by atoms with E-state index in [1.807, 2.05) is 73.1 Å². The van der Waals surface area contributed by atoms with E-state index in [-0.39, 0.29) is 11.8 Å². The van der Waals surface area contributed by atoms with Gasteiger partial charge in [-0.05, 0) is 17.7 Å². The molecule has 4 rings (SSSR count). The SMILES string of the molecule is O=C(NCc1cc[nH+]cc1)C1c2ccccc2Oc2ccccc21. The lowest BCUT2D eigenvalue weighted by atomic mass is 9.87. The van der Waals surface area contributed by atoms with Gasteiger partial charge in [-0.25, -0.2) is 4.98 Å². The largest absolute Gasteiger partial charge is 0.457 e. The second-order valence-corrected chi connectivity index (χ2v) is 5.74. The van der Waals surface area contributed by atoms with Crippen LogP contribution in [0.3, 0.4) is 0 Å². The highest BCUT2D eigenvalue weighted by Crippen LogP contribution is 2.43. The second-order valence-electron chi connectivity index (χ2n) is 5.74. The Morgan fingerprint density at radius 1 is 0.917 bits per heavy atom. The van der Waals surface area contributed by atoms with Crippen molar-refractivity contribution in [3.8, 4) is 11.5 Å². The van der Waals surface area contributed by atoms with Gasteiger partial charge in [0.25, 0.3) is 0 Å². The fourth-order valence-electron chi connectivity index (χ4n) is 3.02. The summed E-state index contributed by atoms with van der Waals surface area (Å²) in [6, 6.07) is 19.3. The van der Waals surface area contributed by atoms with Gasteiger partial charge in [-0.3, -0.25) is 4.79 Å². The van der Waals surface area contributed by atoms with Gasteiger partial charge in [0.1, 0.15) is 11.5 Å². The van der Waals surface area contributed by atoms with Crippen LogP contribution in [0.5, 0.6) is 11.5 Å². The Kier molecular flexibility index (Phi) is 3.71. The number of para-hydroxylation sites is 2. The first kappa shape index (κ1) is 14.5. The van der Waals surface area contributed by atoms with Crippen molar-refractivity contribution in [3.63, 3.8) is 0 Å². The summed E-state index contributed by atoms with van der Waals surface area (Å²) in [5.74, 6) is 1.10. The lowest BCUT2D eigenvalue weighted by Crippen LogP contribution is -2.31. The molecular weight excluding hydrogens is 300 g/mol. The van der Waals surface area contributed by atoms with Crippen molar-refractivity contribution in [1.29, 1.82) is 0 Å². The highest BCUT2D eigenvalue weighted by Gasteiger charge is 2.32. The third-order valence-corrected chi connectivity index (χ3v) is 4.20. The molecule has 0 radical (unpaired) electrons. The summed E-state index contributed by atoms with van der Waals surface area (Å²) < 4.78 is 5.94. The molecule has 24 heavy (non-hydrogen) atoms. The lowest BCUT2D eigenvalue weighted by molar-refractivity contribution is -0.378. The van der Waals surface area contributed by atoms with E-state index in [1.54, 1.807) is 0 Å². The first-order valence-electron chi connectivity index (χ1n) is 7.91. The number of H-pyrrole nitrogens is 1. The number of nitrogens with one attached hydrogen (secondary N) is 2. The maximum atomic E-state index is 12.9. The second kappa shape index (κ2) is 6.16. The van der Waals surface area contributed by atoms with E-state index in [4.69, 9.17) is 4.74 Å². The number of carbonyl (C=O) groups is 1. The maximum Gasteiger partial charge on any atom is 0.232 e. The molecule has 0 bridgehead atoms. The summed E-state index contributed by atoms with van der Waals surface area (Å²) >= 11 is 0. The van der Waals surface area contributed by atoms with Gasteiger partial charge in [-0.1, -0.05) is 36.4 Å². The van der Waals surface area contributed by atoms with Crippen LogP contribution in [0.15, 0.2) is 73.1 Å². The normalized spacial score (nSPS) is 12.7. The van der Waals surface area contributed by atoms with Crippen LogP contribution in [0.4, 0.5) is 0 Å². The van der Waals surface area contributed by atoms with E-state index in [2.05, 4.69) is 10.3 Å². The van der Waals surface area contributed by atoms with Crippen LogP contribution < -0.4 is 15.0 Å². The molecule has 1 aliphatic rings. The molecule has 0 saturated carbocycles. The monoisotopic (exact) mass is 317 g/mol. The van der Waals surface area contributed by atoms with E-state index in [1.165, 1.54) is 0 Å². The van der Waals surface area contributed by atoms with Gasteiger partial charge in [-0.2, -0.15) is 0 Å². The van der Waals surface area contributed by atoms with E-state index >= 15 is 0 Å². The number of amides is 1. The van der Waals surface area contributed by atoms with E-state index in [0.29, 0.717) is 6.54 Å². The summed E-state index contributed by atoms with van der Waals surface area (Å²) in [5, 5.41) is 3.04. The lowest BCUT2D eigenvalue weighted by Gasteiger charge is -2.27. The number of hydrogen-bond acceptors (Lipinski definition) is 2. The Hall–Kier alpha value is -3.14. The molecular formula is C20H17N2O2+. The molecule has 3 aromatic rings. The standard InChI is InChI=1S/C20H16N2O2/c23-20(22-13-14-9-11-21-12-10-14)19-15-5-1-3-7-17(15)24-18-8-4-2-6-16(18)19/h1-12,19H,13H2,(H,22,23)/p+1. The van der Waals surface area contributed by atoms with Crippen LogP contribution >= 0.6 is 0 Å². The molecule has 1 aromatic heterocycles. The van der Waals surface area contributed by atoms with Gasteiger partial charge in [-0.15, -0.1) is 0 Å². The zero-order valence-corrected chi connectivity index (χ0v) is 13.0. The zero-order chi connectivity index (χ0) is 16.4. The Labute approximate surface area is 140 Å².